The molecule has 0 radical (unpaired) electrons. The summed E-state index contributed by atoms with van der Waals surface area (Å²) in [6.07, 6.45) is 0. The fourth-order valence-corrected chi connectivity index (χ4v) is 2.22. The van der Waals surface area contributed by atoms with Crippen molar-refractivity contribution in [3.8, 4) is 0 Å². The molecule has 1 unspecified atom stereocenters. The number of anilines is 1. The van der Waals surface area contributed by atoms with Gasteiger partial charge < -0.3 is 5.32 Å². The number of hydrogen-bond donors (Lipinski definition) is 2. The average Bonchev–Trinajstić information content (AvgIpc) is 2.97. The van der Waals surface area contributed by atoms with Crippen molar-refractivity contribution in [2.75, 3.05) is 5.32 Å². The Hall–Kier alpha value is -2.35. The van der Waals surface area contributed by atoms with E-state index in [1.54, 1.807) is 0 Å². The summed E-state index contributed by atoms with van der Waals surface area (Å²) < 4.78 is 12.9. The second-order valence-electron chi connectivity index (χ2n) is 4.94. The van der Waals surface area contributed by atoms with Crippen LogP contribution in [0.5, 0.6) is 0 Å². The van der Waals surface area contributed by atoms with Crippen LogP contribution in [0.15, 0.2) is 29.8 Å². The molecule has 0 saturated carbocycles. The van der Waals surface area contributed by atoms with Gasteiger partial charge in [0.15, 0.2) is 0 Å². The quantitative estimate of drug-likeness (QED) is 0.882. The molecule has 2 aromatic rings. The summed E-state index contributed by atoms with van der Waals surface area (Å²) in [6, 6.07) is 4.39. The Balaban J connectivity index is 2.06. The van der Waals surface area contributed by atoms with E-state index in [-0.39, 0.29) is 17.4 Å². The summed E-state index contributed by atoms with van der Waals surface area (Å²) in [6.45, 7) is 3.63. The minimum Gasteiger partial charge on any atom is -0.340 e. The second-order valence-corrected chi connectivity index (χ2v) is 5.77. The molecule has 1 aromatic carbocycles. The third-order valence-corrected chi connectivity index (χ3v) is 3.54. The molecule has 116 valence electrons. The zero-order valence-corrected chi connectivity index (χ0v) is 12.9. The van der Waals surface area contributed by atoms with Gasteiger partial charge in [-0.1, -0.05) is 25.2 Å². The lowest BCUT2D eigenvalue weighted by Crippen LogP contribution is -2.47. The van der Waals surface area contributed by atoms with E-state index >= 15 is 0 Å². The van der Waals surface area contributed by atoms with Gasteiger partial charge in [0.05, 0.1) is 0 Å². The Morgan fingerprint density at radius 2 is 1.91 bits per heavy atom. The highest BCUT2D eigenvalue weighted by molar-refractivity contribution is 7.13. The number of benzene rings is 1. The van der Waals surface area contributed by atoms with Crippen LogP contribution < -0.4 is 10.6 Å². The Bertz CT molecular complexity index is 643. The number of carbonyl (C=O) groups excluding carboxylic acids is 2. The van der Waals surface area contributed by atoms with Crippen LogP contribution in [0.3, 0.4) is 0 Å². The van der Waals surface area contributed by atoms with Crippen LogP contribution >= 0.6 is 11.3 Å². The van der Waals surface area contributed by atoms with E-state index in [2.05, 4.69) is 20.8 Å². The number of nitrogens with zero attached hydrogens (tertiary/aromatic N) is 2. The van der Waals surface area contributed by atoms with Crippen molar-refractivity contribution in [2.45, 2.75) is 19.9 Å². The van der Waals surface area contributed by atoms with Crippen LogP contribution in [0.1, 0.15) is 24.2 Å². The fraction of sp³-hybridized carbons (Fsp3) is 0.286. The molecule has 0 saturated heterocycles. The maximum absolute atomic E-state index is 12.9. The van der Waals surface area contributed by atoms with E-state index < -0.39 is 17.8 Å². The van der Waals surface area contributed by atoms with Gasteiger partial charge in [-0.2, -0.15) is 0 Å². The average molecular weight is 322 g/mol. The molecule has 6 nitrogen and oxygen atoms in total. The van der Waals surface area contributed by atoms with Crippen molar-refractivity contribution in [3.05, 3.63) is 41.2 Å². The van der Waals surface area contributed by atoms with Crippen molar-refractivity contribution in [3.63, 3.8) is 0 Å². The number of carbonyl (C=O) groups is 2. The first-order valence-electron chi connectivity index (χ1n) is 6.61. The molecular formula is C14H15FN4O2S. The maximum Gasteiger partial charge on any atom is 0.251 e. The lowest BCUT2D eigenvalue weighted by molar-refractivity contribution is -0.118. The number of halogens is 1. The molecule has 2 rings (SSSR count). The van der Waals surface area contributed by atoms with Crippen LogP contribution in [-0.2, 0) is 4.79 Å². The first-order chi connectivity index (χ1) is 10.5. The topological polar surface area (TPSA) is 84.0 Å². The van der Waals surface area contributed by atoms with E-state index in [9.17, 15) is 14.0 Å². The maximum atomic E-state index is 12.9. The third-order valence-electron chi connectivity index (χ3n) is 2.93. The standard InChI is InChI=1S/C14H15FN4O2S/c1-8(2)11(13(21)18-14-19-16-7-22-14)17-12(20)9-3-5-10(15)6-4-9/h3-8,11H,1-2H3,(H,17,20)(H,18,19,21). The summed E-state index contributed by atoms with van der Waals surface area (Å²) in [4.78, 5) is 24.4. The fourth-order valence-electron chi connectivity index (χ4n) is 1.77. The minimum absolute atomic E-state index is 0.127. The van der Waals surface area contributed by atoms with Gasteiger partial charge in [-0.25, -0.2) is 4.39 Å². The minimum atomic E-state index is -0.735. The zero-order chi connectivity index (χ0) is 16.1. The molecule has 2 amide bonds. The van der Waals surface area contributed by atoms with Crippen molar-refractivity contribution in [1.29, 1.82) is 0 Å². The summed E-state index contributed by atoms with van der Waals surface area (Å²) >= 11 is 1.19. The summed E-state index contributed by atoms with van der Waals surface area (Å²) in [7, 11) is 0. The molecule has 1 aromatic heterocycles. The molecule has 0 bridgehead atoms. The molecule has 2 N–H and O–H groups in total. The molecule has 1 atom stereocenters. The Morgan fingerprint density at radius 1 is 1.23 bits per heavy atom. The van der Waals surface area contributed by atoms with Crippen molar-refractivity contribution >= 4 is 28.3 Å². The molecule has 0 fully saturated rings. The first kappa shape index (κ1) is 16.0. The van der Waals surface area contributed by atoms with Gasteiger partial charge in [0, 0.05) is 5.56 Å². The monoisotopic (exact) mass is 322 g/mol. The van der Waals surface area contributed by atoms with E-state index in [1.165, 1.54) is 41.1 Å². The number of amides is 2. The van der Waals surface area contributed by atoms with Gasteiger partial charge in [0.1, 0.15) is 17.4 Å². The highest BCUT2D eigenvalue weighted by Gasteiger charge is 2.25. The van der Waals surface area contributed by atoms with Crippen LogP contribution in [0.2, 0.25) is 0 Å². The van der Waals surface area contributed by atoms with Gasteiger partial charge in [-0.05, 0) is 30.2 Å². The molecule has 0 aliphatic carbocycles. The van der Waals surface area contributed by atoms with E-state index in [4.69, 9.17) is 0 Å². The van der Waals surface area contributed by atoms with Crippen molar-refractivity contribution < 1.29 is 14.0 Å². The molecule has 1 heterocycles. The molecule has 0 aliphatic heterocycles. The van der Waals surface area contributed by atoms with E-state index in [1.807, 2.05) is 13.8 Å². The largest absolute Gasteiger partial charge is 0.340 e. The third kappa shape index (κ3) is 4.08. The first-order valence-corrected chi connectivity index (χ1v) is 7.49. The predicted molar refractivity (Wildman–Crippen MR) is 81.0 cm³/mol. The molecule has 0 aliphatic rings. The molecule has 22 heavy (non-hydrogen) atoms. The van der Waals surface area contributed by atoms with Crippen LogP contribution in [0.25, 0.3) is 0 Å². The van der Waals surface area contributed by atoms with Gasteiger partial charge in [-0.15, -0.1) is 10.2 Å². The number of hydrogen-bond acceptors (Lipinski definition) is 5. The van der Waals surface area contributed by atoms with Crippen LogP contribution in [0, 0.1) is 11.7 Å². The van der Waals surface area contributed by atoms with Gasteiger partial charge in [0.2, 0.25) is 11.0 Å². The number of aromatic nitrogens is 2. The van der Waals surface area contributed by atoms with E-state index in [0.717, 1.165) is 0 Å². The van der Waals surface area contributed by atoms with Crippen LogP contribution in [0.4, 0.5) is 9.52 Å². The van der Waals surface area contributed by atoms with Gasteiger partial charge in [0.25, 0.3) is 5.91 Å². The Kier molecular flexibility index (Phi) is 5.16. The number of nitrogens with one attached hydrogen (secondary N) is 2. The highest BCUT2D eigenvalue weighted by atomic mass is 32.1. The highest BCUT2D eigenvalue weighted by Crippen LogP contribution is 2.12. The van der Waals surface area contributed by atoms with Gasteiger partial charge >= 0.3 is 0 Å². The van der Waals surface area contributed by atoms with Gasteiger partial charge in [-0.3, -0.25) is 14.9 Å². The van der Waals surface area contributed by atoms with Crippen molar-refractivity contribution in [1.82, 2.24) is 15.5 Å². The summed E-state index contributed by atoms with van der Waals surface area (Å²) in [5.74, 6) is -1.36. The smallest absolute Gasteiger partial charge is 0.251 e. The number of rotatable bonds is 5. The Labute approximate surface area is 130 Å². The molecule has 0 spiro atoms. The molecule has 8 heteroatoms. The summed E-state index contributed by atoms with van der Waals surface area (Å²) in [5.41, 5.74) is 1.78. The summed E-state index contributed by atoms with van der Waals surface area (Å²) in [5, 5.41) is 13.0. The molecular weight excluding hydrogens is 307 g/mol. The SMILES string of the molecule is CC(C)C(NC(=O)c1ccc(F)cc1)C(=O)Nc1nncs1. The lowest BCUT2D eigenvalue weighted by atomic mass is 10.0. The predicted octanol–water partition coefficient (Wildman–Crippen LogP) is 2.07. The second kappa shape index (κ2) is 7.08. The lowest BCUT2D eigenvalue weighted by Gasteiger charge is -2.21. The zero-order valence-electron chi connectivity index (χ0n) is 12.0. The van der Waals surface area contributed by atoms with Crippen LogP contribution in [-0.4, -0.2) is 28.1 Å². The Morgan fingerprint density at radius 3 is 2.45 bits per heavy atom. The van der Waals surface area contributed by atoms with E-state index in [0.29, 0.717) is 5.13 Å². The van der Waals surface area contributed by atoms with Crippen molar-refractivity contribution in [2.24, 2.45) is 5.92 Å². The normalized spacial score (nSPS) is 12.0.